The van der Waals surface area contributed by atoms with Crippen LogP contribution in [0.1, 0.15) is 189 Å². The molecule has 2 heterocycles. The molecule has 0 amide bonds. The summed E-state index contributed by atoms with van der Waals surface area (Å²) in [4.78, 5) is 4.97. The Bertz CT molecular complexity index is 3800. The molecule has 2 aliphatic carbocycles. The minimum Gasteiger partial charge on any atom is -0.311 e. The lowest BCUT2D eigenvalue weighted by atomic mass is 9.33. The van der Waals surface area contributed by atoms with Crippen LogP contribution in [0.25, 0.3) is 11.1 Å². The van der Waals surface area contributed by atoms with E-state index >= 15 is 0 Å². The van der Waals surface area contributed by atoms with Crippen molar-refractivity contribution in [2.24, 2.45) is 0 Å². The van der Waals surface area contributed by atoms with Crippen LogP contribution in [-0.2, 0) is 37.9 Å². The van der Waals surface area contributed by atoms with Gasteiger partial charge in [-0.25, -0.2) is 0 Å². The van der Waals surface area contributed by atoms with Gasteiger partial charge in [-0.15, -0.1) is 0 Å². The Morgan fingerprint density at radius 3 is 1.45 bits per heavy atom. The van der Waals surface area contributed by atoms with Crippen molar-refractivity contribution in [3.8, 4) is 11.1 Å². The van der Waals surface area contributed by atoms with E-state index in [2.05, 4.69) is 265 Å². The number of hydrogen-bond donors (Lipinski definition) is 0. The van der Waals surface area contributed by atoms with Gasteiger partial charge in [-0.2, -0.15) is 0 Å². The molecule has 0 N–H and O–H groups in total. The molecule has 8 aromatic carbocycles. The number of anilines is 6. The van der Waals surface area contributed by atoms with E-state index < -0.39 is 6.85 Å². The molecule has 0 saturated carbocycles. The van der Waals surface area contributed by atoms with Gasteiger partial charge in [0.25, 0.3) is 6.71 Å². The van der Waals surface area contributed by atoms with Gasteiger partial charge in [-0.1, -0.05) is 219 Å². The molecule has 0 bridgehead atoms. The van der Waals surface area contributed by atoms with E-state index in [0.29, 0.717) is 5.56 Å². The molecular weight excluding hydrogens is 940 g/mol. The van der Waals surface area contributed by atoms with Gasteiger partial charge in [0.05, 0.1) is 5.69 Å². The zero-order valence-electron chi connectivity index (χ0n) is 52.4. The molecule has 0 saturated heterocycles. The Labute approximate surface area is 473 Å². The van der Waals surface area contributed by atoms with Gasteiger partial charge in [0.2, 0.25) is 0 Å². The summed E-state index contributed by atoms with van der Waals surface area (Å²) >= 11 is 0. The Hall–Kier alpha value is -6.58. The smallest absolute Gasteiger partial charge is 0.252 e. The van der Waals surface area contributed by atoms with E-state index in [9.17, 15) is 4.11 Å². The monoisotopic (exact) mass is 1030 g/mol. The maximum atomic E-state index is 9.44. The maximum Gasteiger partial charge on any atom is 0.252 e. The minimum atomic E-state index is -2.42. The van der Waals surface area contributed by atoms with Gasteiger partial charge in [0.15, 0.2) is 0 Å². The molecule has 12 rings (SSSR count). The standard InChI is InChI=1S/C75H83BN2/c1-48-41-66-68-67(42-48)78(63-36-32-53(74(13,14)51-23-19-17-20-24-51)43-56(63)49-27-29-50(30-28-49)69(2,3)4)64-44-54(75(15,16)52-25-21-18-22-26-52)31-35-61(64)76(68)62-46-59-60(73(11,12)40-39-72(59,9)10)47-65(62)77(66)55-33-34-57-58(45-55)71(7,8)38-37-70(57,5)6/h17-36,41-47H,37-40H2,1-16H3/i1D3. The number of fused-ring (bicyclic) bond motifs is 6. The molecule has 0 atom stereocenters. The predicted molar refractivity (Wildman–Crippen MR) is 337 cm³/mol. The second-order valence-corrected chi connectivity index (χ2v) is 28.6. The first-order valence-electron chi connectivity index (χ1n) is 30.5. The molecule has 0 unspecified atom stereocenters. The van der Waals surface area contributed by atoms with Crippen LogP contribution in [-0.4, -0.2) is 6.71 Å². The van der Waals surface area contributed by atoms with Crippen LogP contribution in [0.2, 0.25) is 0 Å². The molecule has 3 heteroatoms. The average molecular weight is 1030 g/mol. The Kier molecular flexibility index (Phi) is 11.0. The average Bonchev–Trinajstić information content (AvgIpc) is 3.46. The summed E-state index contributed by atoms with van der Waals surface area (Å²) in [7, 11) is 0. The topological polar surface area (TPSA) is 6.48 Å². The summed E-state index contributed by atoms with van der Waals surface area (Å²) in [5.74, 6) is 0. The third kappa shape index (κ3) is 8.26. The van der Waals surface area contributed by atoms with E-state index in [1.165, 1.54) is 61.0 Å². The van der Waals surface area contributed by atoms with Crippen molar-refractivity contribution in [1.82, 2.24) is 0 Å². The zero-order chi connectivity index (χ0) is 57.8. The van der Waals surface area contributed by atoms with Gasteiger partial charge < -0.3 is 9.80 Å². The highest BCUT2D eigenvalue weighted by atomic mass is 15.2. The maximum absolute atomic E-state index is 9.44. The lowest BCUT2D eigenvalue weighted by Gasteiger charge is -2.48. The van der Waals surface area contributed by atoms with Crippen molar-refractivity contribution in [1.29, 1.82) is 0 Å². The fourth-order valence-corrected chi connectivity index (χ4v) is 14.2. The van der Waals surface area contributed by atoms with E-state index in [-0.39, 0.29) is 44.6 Å². The Morgan fingerprint density at radius 2 is 0.885 bits per heavy atom. The Balaban J connectivity index is 1.22. The molecule has 8 aromatic rings. The van der Waals surface area contributed by atoms with E-state index in [4.69, 9.17) is 0 Å². The van der Waals surface area contributed by atoms with Gasteiger partial charge >= 0.3 is 0 Å². The molecule has 0 fully saturated rings. The minimum absolute atomic E-state index is 0.0259. The molecule has 0 radical (unpaired) electrons. The molecule has 4 aliphatic rings. The van der Waals surface area contributed by atoms with Crippen molar-refractivity contribution in [3.63, 3.8) is 0 Å². The summed E-state index contributed by atoms with van der Waals surface area (Å²) < 4.78 is 28.3. The lowest BCUT2D eigenvalue weighted by Crippen LogP contribution is -2.62. The van der Waals surface area contributed by atoms with Gasteiger partial charge in [0, 0.05) is 48.9 Å². The summed E-state index contributed by atoms with van der Waals surface area (Å²) in [6.07, 6.45) is 4.39. The Morgan fingerprint density at radius 1 is 0.397 bits per heavy atom. The van der Waals surface area contributed by atoms with Crippen LogP contribution in [0, 0.1) is 6.85 Å². The van der Waals surface area contributed by atoms with Crippen LogP contribution >= 0.6 is 0 Å². The first-order valence-corrected chi connectivity index (χ1v) is 29.0. The van der Waals surface area contributed by atoms with Crippen molar-refractivity contribution >= 4 is 57.2 Å². The number of nitrogens with zero attached hydrogens (tertiary/aromatic N) is 2. The van der Waals surface area contributed by atoms with Crippen LogP contribution in [0.5, 0.6) is 0 Å². The third-order valence-corrected chi connectivity index (χ3v) is 19.9. The zero-order valence-corrected chi connectivity index (χ0v) is 49.4. The second-order valence-electron chi connectivity index (χ2n) is 28.6. The first kappa shape index (κ1) is 48.5. The van der Waals surface area contributed by atoms with Crippen molar-refractivity contribution in [3.05, 3.63) is 219 Å². The fourth-order valence-electron chi connectivity index (χ4n) is 14.2. The highest BCUT2D eigenvalue weighted by Crippen LogP contribution is 2.54. The van der Waals surface area contributed by atoms with Gasteiger partial charge in [0.1, 0.15) is 0 Å². The van der Waals surface area contributed by atoms with Crippen LogP contribution in [0.4, 0.5) is 34.1 Å². The van der Waals surface area contributed by atoms with E-state index in [1.807, 2.05) is 12.1 Å². The molecule has 78 heavy (non-hydrogen) atoms. The number of rotatable bonds is 7. The van der Waals surface area contributed by atoms with Crippen molar-refractivity contribution in [2.75, 3.05) is 9.80 Å². The molecule has 2 nitrogen and oxygen atoms in total. The van der Waals surface area contributed by atoms with Crippen molar-refractivity contribution in [2.45, 2.75) is 174 Å². The quantitative estimate of drug-likeness (QED) is 0.147. The van der Waals surface area contributed by atoms with Crippen molar-refractivity contribution < 1.29 is 4.11 Å². The number of aryl methyl sites for hydroxylation is 1. The van der Waals surface area contributed by atoms with Crippen LogP contribution in [0.15, 0.2) is 164 Å². The molecular formula is C75H83BN2. The third-order valence-electron chi connectivity index (χ3n) is 19.9. The fraction of sp³-hybridized carbons (Fsp3) is 0.360. The highest BCUT2D eigenvalue weighted by Gasteiger charge is 2.48. The lowest BCUT2D eigenvalue weighted by molar-refractivity contribution is 0.332. The summed E-state index contributed by atoms with van der Waals surface area (Å²) in [6, 6.07) is 61.7. The predicted octanol–water partition coefficient (Wildman–Crippen LogP) is 18.4. The van der Waals surface area contributed by atoms with E-state index in [1.54, 1.807) is 0 Å². The molecule has 396 valence electrons. The van der Waals surface area contributed by atoms with Crippen LogP contribution in [0.3, 0.4) is 0 Å². The number of benzene rings is 8. The normalized spacial score (nSPS) is 18.3. The molecule has 2 aliphatic heterocycles. The molecule has 0 aromatic heterocycles. The highest BCUT2D eigenvalue weighted by molar-refractivity contribution is 7.00. The molecule has 0 spiro atoms. The SMILES string of the molecule is [2H]C([2H])([2H])c1cc2c3c(c1)N(c1ccc(C(C)(C)c4ccccc4)cc1-c1ccc(C(C)(C)C)cc1)c1cc(C(C)(C)c4ccccc4)ccc1B3c1cc3c(cc1N2c1ccc2c(c1)C(C)(C)CCC2(C)C)C(C)(C)CCC3(C)C. The summed E-state index contributed by atoms with van der Waals surface area (Å²) in [6.45, 7) is 32.9. The van der Waals surface area contributed by atoms with Gasteiger partial charge in [-0.3, -0.25) is 0 Å². The summed E-state index contributed by atoms with van der Waals surface area (Å²) in [5, 5.41) is 0. The first-order chi connectivity index (χ1) is 37.9. The second kappa shape index (κ2) is 17.7. The van der Waals surface area contributed by atoms with E-state index in [0.717, 1.165) is 76.4 Å². The van der Waals surface area contributed by atoms with Crippen LogP contribution < -0.4 is 26.2 Å². The summed E-state index contributed by atoms with van der Waals surface area (Å²) in [5.41, 5.74) is 23.1. The largest absolute Gasteiger partial charge is 0.311 e. The van der Waals surface area contributed by atoms with Gasteiger partial charge in [-0.05, 0) is 186 Å². The number of hydrogen-bond acceptors (Lipinski definition) is 2.